The highest BCUT2D eigenvalue weighted by atomic mass is 35.5. The van der Waals surface area contributed by atoms with Gasteiger partial charge in [-0.15, -0.1) is 0 Å². The minimum atomic E-state index is -2.54. The minimum Gasteiger partial charge on any atom is -0.308 e. The van der Waals surface area contributed by atoms with Gasteiger partial charge in [0.2, 0.25) is 12.1 Å². The third-order valence-electron chi connectivity index (χ3n) is 4.37. The van der Waals surface area contributed by atoms with Gasteiger partial charge in [0, 0.05) is 47.6 Å². The van der Waals surface area contributed by atoms with Crippen LogP contribution in [0.15, 0.2) is 24.7 Å². The number of alkyl halides is 2. The number of hydrogen-bond acceptors (Lipinski definition) is 4. The molecule has 0 bridgehead atoms. The molecule has 6 nitrogen and oxygen atoms in total. The second-order valence-electron chi connectivity index (χ2n) is 6.47. The summed E-state index contributed by atoms with van der Waals surface area (Å²) in [6.07, 6.45) is 3.69. The summed E-state index contributed by atoms with van der Waals surface area (Å²) in [6, 6.07) is 1.15. The van der Waals surface area contributed by atoms with Crippen LogP contribution in [0.1, 0.15) is 19.8 Å². The molecule has 1 aliphatic rings. The zero-order valence-corrected chi connectivity index (χ0v) is 16.6. The molecule has 1 amide bonds. The quantitative estimate of drug-likeness (QED) is 0.392. The molecule has 0 spiro atoms. The molecule has 1 N–H and O–H groups in total. The van der Waals surface area contributed by atoms with Crippen molar-refractivity contribution in [2.24, 2.45) is 5.92 Å². The third kappa shape index (κ3) is 4.72. The van der Waals surface area contributed by atoms with Crippen molar-refractivity contribution in [1.82, 2.24) is 9.78 Å². The highest BCUT2D eigenvalue weighted by molar-refractivity contribution is 7.99. The number of pyridine rings is 1. The molecule has 1 aliphatic carbocycles. The molecular weight excluding hydrogens is 417 g/mol. The summed E-state index contributed by atoms with van der Waals surface area (Å²) in [7, 11) is 0. The number of halogens is 4. The van der Waals surface area contributed by atoms with Crippen LogP contribution in [-0.2, 0) is 4.79 Å². The first-order valence-electron chi connectivity index (χ1n) is 8.64. The molecule has 28 heavy (non-hydrogen) atoms. The smallest absolute Gasteiger partial charge is 0.257 e. The molecule has 0 aliphatic heterocycles. The first-order valence-corrected chi connectivity index (χ1v) is 10.2. The number of hydrogen-bond donors (Lipinski definition) is 1. The Morgan fingerprint density at radius 2 is 2.25 bits per heavy atom. The van der Waals surface area contributed by atoms with Crippen molar-refractivity contribution >= 4 is 35.0 Å². The SMILES string of the molecule is CCN(C(=O)CCSCC1CC1(F)F)c1cn(-c2cc(F)c[n+](O)c2)nc1Cl. The predicted molar refractivity (Wildman–Crippen MR) is 98.9 cm³/mol. The van der Waals surface area contributed by atoms with E-state index in [1.54, 1.807) is 6.92 Å². The molecule has 2 aromatic heterocycles. The number of carbonyl (C=O) groups excluding carboxylic acids is 1. The van der Waals surface area contributed by atoms with Crippen molar-refractivity contribution in [3.63, 3.8) is 0 Å². The molecule has 152 valence electrons. The zero-order valence-electron chi connectivity index (χ0n) is 15.0. The van der Waals surface area contributed by atoms with E-state index in [2.05, 4.69) is 5.10 Å². The van der Waals surface area contributed by atoms with E-state index in [1.807, 2.05) is 0 Å². The number of anilines is 1. The summed E-state index contributed by atoms with van der Waals surface area (Å²) in [4.78, 5) is 14.0. The first-order chi connectivity index (χ1) is 13.2. The molecular formula is C17H19ClF3N4O2S+. The second-order valence-corrected chi connectivity index (χ2v) is 7.97. The van der Waals surface area contributed by atoms with Crippen molar-refractivity contribution < 1.29 is 27.9 Å². The van der Waals surface area contributed by atoms with Crippen molar-refractivity contribution in [2.45, 2.75) is 25.7 Å². The second kappa shape index (κ2) is 8.20. The average molecular weight is 436 g/mol. The van der Waals surface area contributed by atoms with Gasteiger partial charge in [-0.1, -0.05) is 11.6 Å². The van der Waals surface area contributed by atoms with E-state index in [9.17, 15) is 23.2 Å². The van der Waals surface area contributed by atoms with E-state index < -0.39 is 17.7 Å². The zero-order chi connectivity index (χ0) is 20.5. The molecule has 0 radical (unpaired) electrons. The largest absolute Gasteiger partial charge is 0.308 e. The van der Waals surface area contributed by atoms with Gasteiger partial charge >= 0.3 is 0 Å². The fourth-order valence-corrected chi connectivity index (χ4v) is 4.11. The van der Waals surface area contributed by atoms with Crippen LogP contribution < -0.4 is 9.63 Å². The number of nitrogens with zero attached hydrogens (tertiary/aromatic N) is 4. The van der Waals surface area contributed by atoms with Gasteiger partial charge in [0.15, 0.2) is 11.0 Å². The maximum atomic E-state index is 13.5. The Morgan fingerprint density at radius 1 is 1.54 bits per heavy atom. The predicted octanol–water partition coefficient (Wildman–Crippen LogP) is 3.32. The lowest BCUT2D eigenvalue weighted by molar-refractivity contribution is -0.905. The lowest BCUT2D eigenvalue weighted by Crippen LogP contribution is -2.31. The first kappa shape index (κ1) is 20.8. The van der Waals surface area contributed by atoms with Gasteiger partial charge in [0.1, 0.15) is 11.4 Å². The summed E-state index contributed by atoms with van der Waals surface area (Å²) in [6.45, 7) is 2.10. The maximum absolute atomic E-state index is 13.5. The van der Waals surface area contributed by atoms with Gasteiger partial charge < -0.3 is 4.90 Å². The Bertz CT molecular complexity index is 860. The lowest BCUT2D eigenvalue weighted by Gasteiger charge is -2.19. The van der Waals surface area contributed by atoms with Gasteiger partial charge in [-0.3, -0.25) is 10.0 Å². The van der Waals surface area contributed by atoms with Gasteiger partial charge in [-0.2, -0.15) is 16.9 Å². The lowest BCUT2D eigenvalue weighted by atomic mass is 10.3. The van der Waals surface area contributed by atoms with Crippen LogP contribution >= 0.6 is 23.4 Å². The summed E-state index contributed by atoms with van der Waals surface area (Å²) in [5.41, 5.74) is 0.571. The van der Waals surface area contributed by atoms with E-state index in [0.29, 0.717) is 28.5 Å². The van der Waals surface area contributed by atoms with Crippen molar-refractivity contribution in [1.29, 1.82) is 0 Å². The van der Waals surface area contributed by atoms with Crippen molar-refractivity contribution in [2.75, 3.05) is 23.0 Å². The molecule has 1 fully saturated rings. The van der Waals surface area contributed by atoms with Crippen LogP contribution in [0.4, 0.5) is 18.9 Å². The molecule has 11 heteroatoms. The van der Waals surface area contributed by atoms with Gasteiger partial charge in [0.05, 0.1) is 6.20 Å². The van der Waals surface area contributed by atoms with Crippen molar-refractivity contribution in [3.8, 4) is 5.69 Å². The van der Waals surface area contributed by atoms with Gasteiger partial charge in [0.25, 0.3) is 12.1 Å². The Morgan fingerprint density at radius 3 is 2.86 bits per heavy atom. The Hall–Kier alpha value is -1.94. The molecule has 2 aromatic rings. The van der Waals surface area contributed by atoms with Crippen LogP contribution in [0.5, 0.6) is 0 Å². The summed E-state index contributed by atoms with van der Waals surface area (Å²) in [5.74, 6) is -3.24. The molecule has 1 saturated carbocycles. The molecule has 3 rings (SSSR count). The average Bonchev–Trinajstić information content (AvgIpc) is 3.03. The molecule has 1 unspecified atom stereocenters. The highest BCUT2D eigenvalue weighted by Crippen LogP contribution is 2.50. The number of carbonyl (C=O) groups is 1. The van der Waals surface area contributed by atoms with Crippen LogP contribution in [0.25, 0.3) is 5.69 Å². The van der Waals surface area contributed by atoms with E-state index in [4.69, 9.17) is 11.6 Å². The van der Waals surface area contributed by atoms with Crippen LogP contribution in [0, 0.1) is 11.7 Å². The number of aromatic nitrogens is 3. The summed E-state index contributed by atoms with van der Waals surface area (Å²) >= 11 is 7.49. The number of rotatable bonds is 8. The topological polar surface area (TPSA) is 62.2 Å². The normalized spacial score (nSPS) is 17.5. The fraction of sp³-hybridized carbons (Fsp3) is 0.471. The van der Waals surface area contributed by atoms with Crippen LogP contribution in [-0.4, -0.2) is 44.9 Å². The standard InChI is InChI=1S/C17H19ClF3N4O2S/c1-2-24(15(26)3-4-28-10-11-6-17(11,20)21)14-9-25(22-16(14)18)13-5-12(19)7-23(27)8-13/h5,7-9,11,27H,2-4,6,10H2,1H3/q+1. The van der Waals surface area contributed by atoms with Crippen LogP contribution in [0.3, 0.4) is 0 Å². The maximum Gasteiger partial charge on any atom is 0.257 e. The van der Waals surface area contributed by atoms with Gasteiger partial charge in [-0.25, -0.2) is 17.9 Å². The number of amides is 1. The van der Waals surface area contributed by atoms with E-state index in [-0.39, 0.29) is 29.6 Å². The van der Waals surface area contributed by atoms with E-state index >= 15 is 0 Å². The Kier molecular flexibility index (Phi) is 6.09. The minimum absolute atomic E-state index is 0.0502. The summed E-state index contributed by atoms with van der Waals surface area (Å²) in [5, 5.41) is 13.6. The van der Waals surface area contributed by atoms with E-state index in [1.165, 1.54) is 33.7 Å². The fourth-order valence-electron chi connectivity index (χ4n) is 2.75. The Labute approximate surface area is 168 Å². The number of thioether (sulfide) groups is 1. The molecule has 0 aromatic carbocycles. The third-order valence-corrected chi connectivity index (χ3v) is 5.77. The van der Waals surface area contributed by atoms with Crippen LogP contribution in [0.2, 0.25) is 5.15 Å². The summed E-state index contributed by atoms with van der Waals surface area (Å²) < 4.78 is 41.0. The molecule has 2 heterocycles. The molecule has 0 saturated heterocycles. The monoisotopic (exact) mass is 435 g/mol. The molecule has 1 atom stereocenters. The van der Waals surface area contributed by atoms with Crippen molar-refractivity contribution in [3.05, 3.63) is 35.6 Å². The van der Waals surface area contributed by atoms with Gasteiger partial charge in [-0.05, 0) is 6.92 Å². The highest BCUT2D eigenvalue weighted by Gasteiger charge is 2.56. The Balaban J connectivity index is 1.64. The van der Waals surface area contributed by atoms with E-state index in [0.717, 1.165) is 12.3 Å².